The van der Waals surface area contributed by atoms with E-state index in [0.717, 1.165) is 21.6 Å². The minimum absolute atomic E-state index is 0.332. The first-order chi connectivity index (χ1) is 6.18. The van der Waals surface area contributed by atoms with Gasteiger partial charge in [-0.05, 0) is 5.92 Å². The molecule has 13 heavy (non-hydrogen) atoms. The molecule has 4 heteroatoms. The molecule has 0 aromatic rings. The zero-order chi connectivity index (χ0) is 9.42. The third-order valence-corrected chi connectivity index (χ3v) is 2.07. The van der Waals surface area contributed by atoms with Crippen molar-refractivity contribution in [3.05, 3.63) is 24.2 Å². The summed E-state index contributed by atoms with van der Waals surface area (Å²) >= 11 is 0. The molecule has 0 unspecified atom stereocenters. The van der Waals surface area contributed by atoms with E-state index in [1.807, 2.05) is 0 Å². The quantitative estimate of drug-likeness (QED) is 0.675. The van der Waals surface area contributed by atoms with Gasteiger partial charge in [-0.2, -0.15) is 10.2 Å². The van der Waals surface area contributed by atoms with E-state index in [-0.39, 0.29) is 0 Å². The van der Waals surface area contributed by atoms with Gasteiger partial charge in [0, 0.05) is 17.3 Å². The SMILES string of the molecule is CC(C)c1cn(O)cc2cnnc1-2. The molecule has 2 aliphatic heterocycles. The summed E-state index contributed by atoms with van der Waals surface area (Å²) in [4.78, 5) is 0. The first-order valence-corrected chi connectivity index (χ1v) is 4.21. The van der Waals surface area contributed by atoms with Gasteiger partial charge in [-0.3, -0.25) is 0 Å². The highest BCUT2D eigenvalue weighted by Gasteiger charge is 2.14. The number of fused-ring (bicyclic) bond motifs is 1. The van der Waals surface area contributed by atoms with Crippen molar-refractivity contribution in [2.24, 2.45) is 0 Å². The van der Waals surface area contributed by atoms with Crippen molar-refractivity contribution in [3.8, 4) is 11.3 Å². The van der Waals surface area contributed by atoms with Crippen LogP contribution in [0, 0.1) is 0 Å². The van der Waals surface area contributed by atoms with Gasteiger partial charge in [-0.1, -0.05) is 13.8 Å². The van der Waals surface area contributed by atoms with E-state index in [1.165, 1.54) is 0 Å². The summed E-state index contributed by atoms with van der Waals surface area (Å²) in [5, 5.41) is 17.2. The van der Waals surface area contributed by atoms with Crippen LogP contribution in [0.15, 0.2) is 18.6 Å². The van der Waals surface area contributed by atoms with Crippen LogP contribution in [0.4, 0.5) is 0 Å². The molecule has 0 amide bonds. The lowest BCUT2D eigenvalue weighted by Crippen LogP contribution is -2.00. The van der Waals surface area contributed by atoms with Gasteiger partial charge in [0.1, 0.15) is 5.69 Å². The predicted octanol–water partition coefficient (Wildman–Crippen LogP) is 1.74. The monoisotopic (exact) mass is 177 g/mol. The van der Waals surface area contributed by atoms with E-state index in [0.29, 0.717) is 5.92 Å². The molecule has 0 spiro atoms. The largest absolute Gasteiger partial charge is 0.429 e. The Morgan fingerprint density at radius 2 is 2.15 bits per heavy atom. The third kappa shape index (κ3) is 1.24. The molecule has 2 rings (SSSR count). The minimum Gasteiger partial charge on any atom is -0.429 e. The van der Waals surface area contributed by atoms with Crippen LogP contribution in [0.1, 0.15) is 25.3 Å². The fraction of sp³-hybridized carbons (Fsp3) is 0.333. The molecular weight excluding hydrogens is 166 g/mol. The highest BCUT2D eigenvalue weighted by atomic mass is 16.5. The Balaban J connectivity index is 2.68. The van der Waals surface area contributed by atoms with Crippen molar-refractivity contribution < 1.29 is 5.21 Å². The topological polar surface area (TPSA) is 50.9 Å². The number of nitrogens with zero attached hydrogens (tertiary/aromatic N) is 3. The van der Waals surface area contributed by atoms with Gasteiger partial charge >= 0.3 is 0 Å². The van der Waals surface area contributed by atoms with Crippen molar-refractivity contribution >= 4 is 0 Å². The van der Waals surface area contributed by atoms with E-state index in [2.05, 4.69) is 24.0 Å². The Labute approximate surface area is 76.1 Å². The molecular formula is C9H11N3O. The Hall–Kier alpha value is -1.58. The van der Waals surface area contributed by atoms with Crippen molar-refractivity contribution in [1.82, 2.24) is 14.9 Å². The average molecular weight is 177 g/mol. The maximum atomic E-state index is 9.34. The predicted molar refractivity (Wildman–Crippen MR) is 47.9 cm³/mol. The second-order valence-corrected chi connectivity index (χ2v) is 3.40. The van der Waals surface area contributed by atoms with E-state index in [9.17, 15) is 5.21 Å². The van der Waals surface area contributed by atoms with Crippen LogP contribution < -0.4 is 0 Å². The molecule has 0 radical (unpaired) electrons. The lowest BCUT2D eigenvalue weighted by atomic mass is 10.0. The molecule has 2 heterocycles. The molecule has 0 saturated carbocycles. The minimum atomic E-state index is 0.332. The van der Waals surface area contributed by atoms with Crippen LogP contribution in [0.2, 0.25) is 0 Å². The van der Waals surface area contributed by atoms with E-state index in [1.54, 1.807) is 18.6 Å². The van der Waals surface area contributed by atoms with Gasteiger partial charge in [-0.25, -0.2) is 4.73 Å². The number of rotatable bonds is 1. The van der Waals surface area contributed by atoms with Crippen LogP contribution in [0.25, 0.3) is 11.3 Å². The molecule has 0 aromatic heterocycles. The fourth-order valence-electron chi connectivity index (χ4n) is 1.39. The summed E-state index contributed by atoms with van der Waals surface area (Å²) in [6.07, 6.45) is 4.91. The smallest absolute Gasteiger partial charge is 0.101 e. The summed E-state index contributed by atoms with van der Waals surface area (Å²) in [6, 6.07) is 0. The van der Waals surface area contributed by atoms with Crippen LogP contribution in [0.3, 0.4) is 0 Å². The zero-order valence-electron chi connectivity index (χ0n) is 7.60. The Kier molecular flexibility index (Phi) is 1.69. The van der Waals surface area contributed by atoms with Gasteiger partial charge in [-0.15, -0.1) is 0 Å². The molecule has 0 aliphatic carbocycles. The van der Waals surface area contributed by atoms with Gasteiger partial charge < -0.3 is 5.21 Å². The lowest BCUT2D eigenvalue weighted by molar-refractivity contribution is 0.183. The first-order valence-electron chi connectivity index (χ1n) is 4.21. The number of hydrogen-bond acceptors (Lipinski definition) is 3. The van der Waals surface area contributed by atoms with Crippen molar-refractivity contribution in [2.45, 2.75) is 19.8 Å². The van der Waals surface area contributed by atoms with E-state index >= 15 is 0 Å². The summed E-state index contributed by atoms with van der Waals surface area (Å²) in [6.45, 7) is 4.12. The van der Waals surface area contributed by atoms with E-state index < -0.39 is 0 Å². The van der Waals surface area contributed by atoms with Crippen molar-refractivity contribution in [1.29, 1.82) is 0 Å². The van der Waals surface area contributed by atoms with Gasteiger partial charge in [0.15, 0.2) is 0 Å². The Bertz CT molecular complexity index is 394. The number of pyridine rings is 1. The van der Waals surface area contributed by atoms with Gasteiger partial charge in [0.05, 0.1) is 12.4 Å². The second kappa shape index (κ2) is 2.73. The lowest BCUT2D eigenvalue weighted by Gasteiger charge is -2.10. The standard InChI is InChI=1S/C9H11N3O/c1-6(2)8-5-12(13)4-7-3-10-11-9(7)8/h3-6,13H,1-2H3. The Morgan fingerprint density at radius 3 is 2.85 bits per heavy atom. The molecule has 4 nitrogen and oxygen atoms in total. The summed E-state index contributed by atoms with van der Waals surface area (Å²) in [5.74, 6) is 0.332. The van der Waals surface area contributed by atoms with Gasteiger partial charge in [0.25, 0.3) is 0 Å². The second-order valence-electron chi connectivity index (χ2n) is 3.40. The highest BCUT2D eigenvalue weighted by Crippen LogP contribution is 2.27. The van der Waals surface area contributed by atoms with Crippen LogP contribution in [0.5, 0.6) is 0 Å². The first kappa shape index (κ1) is 8.04. The number of aromatic nitrogens is 3. The third-order valence-electron chi connectivity index (χ3n) is 2.07. The maximum absolute atomic E-state index is 9.34. The fourth-order valence-corrected chi connectivity index (χ4v) is 1.39. The van der Waals surface area contributed by atoms with Crippen molar-refractivity contribution in [2.75, 3.05) is 0 Å². The van der Waals surface area contributed by atoms with Crippen molar-refractivity contribution in [3.63, 3.8) is 0 Å². The molecule has 0 aromatic carbocycles. The summed E-state index contributed by atoms with van der Waals surface area (Å²) in [7, 11) is 0. The maximum Gasteiger partial charge on any atom is 0.101 e. The van der Waals surface area contributed by atoms with Crippen LogP contribution in [-0.2, 0) is 0 Å². The number of hydrogen-bond donors (Lipinski definition) is 1. The molecule has 1 N–H and O–H groups in total. The molecule has 0 saturated heterocycles. The molecule has 68 valence electrons. The zero-order valence-corrected chi connectivity index (χ0v) is 7.60. The summed E-state index contributed by atoms with van der Waals surface area (Å²) in [5.41, 5.74) is 2.76. The van der Waals surface area contributed by atoms with Crippen LogP contribution in [-0.4, -0.2) is 20.1 Å². The van der Waals surface area contributed by atoms with E-state index in [4.69, 9.17) is 0 Å². The molecule has 0 atom stereocenters. The highest BCUT2D eigenvalue weighted by molar-refractivity contribution is 5.62. The molecule has 0 bridgehead atoms. The normalized spacial score (nSPS) is 11.3. The Morgan fingerprint density at radius 1 is 1.38 bits per heavy atom. The summed E-state index contributed by atoms with van der Waals surface area (Å²) < 4.78 is 1.06. The van der Waals surface area contributed by atoms with Crippen LogP contribution >= 0.6 is 0 Å². The average Bonchev–Trinajstić information content (AvgIpc) is 2.49. The van der Waals surface area contributed by atoms with Gasteiger partial charge in [0.2, 0.25) is 0 Å². The molecule has 2 aliphatic rings. The molecule has 0 fully saturated rings.